The Kier molecular flexibility index (Phi) is 6.94. The standard InChI is InChI=1S/C8H15NO3.ClH/c1-11-5-6-12-8(10)7-3-2-4-9-7;/h7,9H,2-6H2,1H3;1H. The van der Waals surface area contributed by atoms with Gasteiger partial charge in [-0.2, -0.15) is 0 Å². The number of halogens is 1. The fourth-order valence-electron chi connectivity index (χ4n) is 1.21. The van der Waals surface area contributed by atoms with Gasteiger partial charge >= 0.3 is 5.97 Å². The predicted molar refractivity (Wildman–Crippen MR) is 51.1 cm³/mol. The molecule has 4 nitrogen and oxygen atoms in total. The number of methoxy groups -OCH3 is 1. The largest absolute Gasteiger partial charge is 0.462 e. The summed E-state index contributed by atoms with van der Waals surface area (Å²) in [4.78, 5) is 11.2. The van der Waals surface area contributed by atoms with Crippen molar-refractivity contribution in [3.05, 3.63) is 0 Å². The molecule has 0 spiro atoms. The predicted octanol–water partition coefficient (Wildman–Crippen LogP) is 0.350. The van der Waals surface area contributed by atoms with Crippen LogP contribution < -0.4 is 5.32 Å². The van der Waals surface area contributed by atoms with Crippen molar-refractivity contribution in [3.63, 3.8) is 0 Å². The number of hydrogen-bond donors (Lipinski definition) is 1. The van der Waals surface area contributed by atoms with Crippen LogP contribution in [-0.2, 0) is 14.3 Å². The van der Waals surface area contributed by atoms with Crippen LogP contribution in [0.5, 0.6) is 0 Å². The fourth-order valence-corrected chi connectivity index (χ4v) is 1.21. The summed E-state index contributed by atoms with van der Waals surface area (Å²) in [5.74, 6) is -0.149. The Hall–Kier alpha value is -0.320. The van der Waals surface area contributed by atoms with Crippen LogP contribution in [0.15, 0.2) is 0 Å². The number of ether oxygens (including phenoxy) is 2. The Bertz CT molecular complexity index is 148. The van der Waals surface area contributed by atoms with E-state index in [1.54, 1.807) is 7.11 Å². The van der Waals surface area contributed by atoms with E-state index in [-0.39, 0.29) is 24.4 Å². The summed E-state index contributed by atoms with van der Waals surface area (Å²) in [6.07, 6.45) is 1.95. The minimum absolute atomic E-state index is 0. The zero-order valence-corrected chi connectivity index (χ0v) is 8.56. The monoisotopic (exact) mass is 209 g/mol. The summed E-state index contributed by atoms with van der Waals surface area (Å²) in [7, 11) is 1.58. The van der Waals surface area contributed by atoms with Gasteiger partial charge in [0.05, 0.1) is 6.61 Å². The maximum absolute atomic E-state index is 11.2. The number of hydrogen-bond acceptors (Lipinski definition) is 4. The maximum atomic E-state index is 11.2. The summed E-state index contributed by atoms with van der Waals surface area (Å²) < 4.78 is 9.70. The second-order valence-corrected chi connectivity index (χ2v) is 2.81. The molecular formula is C8H16ClNO3. The molecule has 1 unspecified atom stereocenters. The molecule has 0 saturated carbocycles. The number of carbonyl (C=O) groups excluding carboxylic acids is 1. The average molecular weight is 210 g/mol. The minimum Gasteiger partial charge on any atom is -0.462 e. The van der Waals surface area contributed by atoms with Gasteiger partial charge in [0.15, 0.2) is 0 Å². The molecule has 1 rings (SSSR count). The van der Waals surface area contributed by atoms with E-state index in [1.807, 2.05) is 0 Å². The molecule has 78 valence electrons. The quantitative estimate of drug-likeness (QED) is 0.536. The van der Waals surface area contributed by atoms with Gasteiger partial charge in [0.2, 0.25) is 0 Å². The molecule has 0 aliphatic carbocycles. The number of carbonyl (C=O) groups is 1. The summed E-state index contributed by atoms with van der Waals surface area (Å²) in [5, 5.41) is 3.07. The molecular weight excluding hydrogens is 194 g/mol. The molecule has 0 aromatic rings. The van der Waals surface area contributed by atoms with Crippen molar-refractivity contribution in [2.75, 3.05) is 26.9 Å². The second kappa shape index (κ2) is 7.12. The minimum atomic E-state index is -0.149. The fraction of sp³-hybridized carbons (Fsp3) is 0.875. The van der Waals surface area contributed by atoms with Crippen molar-refractivity contribution in [1.29, 1.82) is 0 Å². The highest BCUT2D eigenvalue weighted by Gasteiger charge is 2.22. The van der Waals surface area contributed by atoms with Gasteiger partial charge in [0.25, 0.3) is 0 Å². The van der Waals surface area contributed by atoms with Crippen molar-refractivity contribution < 1.29 is 14.3 Å². The van der Waals surface area contributed by atoms with E-state index in [0.717, 1.165) is 19.4 Å². The third-order valence-corrected chi connectivity index (χ3v) is 1.88. The van der Waals surface area contributed by atoms with E-state index in [1.165, 1.54) is 0 Å². The van der Waals surface area contributed by atoms with Crippen molar-refractivity contribution in [1.82, 2.24) is 5.32 Å². The molecule has 0 aromatic carbocycles. The van der Waals surface area contributed by atoms with Crippen molar-refractivity contribution in [3.8, 4) is 0 Å². The van der Waals surface area contributed by atoms with Gasteiger partial charge in [-0.05, 0) is 19.4 Å². The lowest BCUT2D eigenvalue weighted by Gasteiger charge is -2.09. The highest BCUT2D eigenvalue weighted by molar-refractivity contribution is 5.85. The van der Waals surface area contributed by atoms with Crippen LogP contribution in [0.4, 0.5) is 0 Å². The summed E-state index contributed by atoms with van der Waals surface area (Å²) in [6, 6.07) is -0.0816. The SMILES string of the molecule is COCCOC(=O)C1CCCN1.Cl. The van der Waals surface area contributed by atoms with Crippen LogP contribution in [0.25, 0.3) is 0 Å². The van der Waals surface area contributed by atoms with E-state index in [9.17, 15) is 4.79 Å². The molecule has 13 heavy (non-hydrogen) atoms. The first-order chi connectivity index (χ1) is 5.84. The zero-order chi connectivity index (χ0) is 8.81. The van der Waals surface area contributed by atoms with Crippen LogP contribution in [0.1, 0.15) is 12.8 Å². The molecule has 1 fully saturated rings. The lowest BCUT2D eigenvalue weighted by Crippen LogP contribution is -2.33. The van der Waals surface area contributed by atoms with Gasteiger partial charge in [-0.15, -0.1) is 12.4 Å². The number of esters is 1. The Morgan fingerprint density at radius 2 is 2.31 bits per heavy atom. The van der Waals surface area contributed by atoms with Gasteiger partial charge in [0, 0.05) is 7.11 Å². The molecule has 0 bridgehead atoms. The third kappa shape index (κ3) is 4.45. The summed E-state index contributed by atoms with van der Waals surface area (Å²) >= 11 is 0. The van der Waals surface area contributed by atoms with E-state index >= 15 is 0 Å². The Morgan fingerprint density at radius 1 is 1.54 bits per heavy atom. The van der Waals surface area contributed by atoms with E-state index < -0.39 is 0 Å². The third-order valence-electron chi connectivity index (χ3n) is 1.88. The lowest BCUT2D eigenvalue weighted by molar-refractivity contribution is -0.146. The molecule has 5 heteroatoms. The summed E-state index contributed by atoms with van der Waals surface area (Å²) in [6.45, 7) is 1.75. The number of rotatable bonds is 4. The van der Waals surface area contributed by atoms with Crippen LogP contribution in [-0.4, -0.2) is 38.9 Å². The molecule has 1 N–H and O–H groups in total. The lowest BCUT2D eigenvalue weighted by atomic mass is 10.2. The topological polar surface area (TPSA) is 47.6 Å². The Labute approximate surface area is 84.4 Å². The van der Waals surface area contributed by atoms with Gasteiger partial charge in [-0.3, -0.25) is 4.79 Å². The highest BCUT2D eigenvalue weighted by atomic mass is 35.5. The average Bonchev–Trinajstić information content (AvgIpc) is 2.56. The second-order valence-electron chi connectivity index (χ2n) is 2.81. The molecule has 1 aliphatic heterocycles. The Morgan fingerprint density at radius 3 is 2.85 bits per heavy atom. The van der Waals surface area contributed by atoms with Gasteiger partial charge in [0.1, 0.15) is 12.6 Å². The molecule has 0 aromatic heterocycles. The van der Waals surface area contributed by atoms with Crippen molar-refractivity contribution in [2.24, 2.45) is 0 Å². The van der Waals surface area contributed by atoms with Gasteiger partial charge < -0.3 is 14.8 Å². The van der Waals surface area contributed by atoms with E-state index in [2.05, 4.69) is 5.32 Å². The molecule has 1 saturated heterocycles. The van der Waals surface area contributed by atoms with Crippen LogP contribution in [0.3, 0.4) is 0 Å². The van der Waals surface area contributed by atoms with Crippen LogP contribution in [0, 0.1) is 0 Å². The first-order valence-corrected chi connectivity index (χ1v) is 4.23. The zero-order valence-electron chi connectivity index (χ0n) is 7.75. The molecule has 1 aliphatic rings. The molecule has 1 heterocycles. The number of nitrogens with one attached hydrogen (secondary N) is 1. The highest BCUT2D eigenvalue weighted by Crippen LogP contribution is 2.05. The summed E-state index contributed by atoms with van der Waals surface area (Å²) in [5.41, 5.74) is 0. The first-order valence-electron chi connectivity index (χ1n) is 4.23. The van der Waals surface area contributed by atoms with Crippen molar-refractivity contribution >= 4 is 18.4 Å². The van der Waals surface area contributed by atoms with Crippen LogP contribution in [0.2, 0.25) is 0 Å². The Balaban J connectivity index is 0.00000144. The van der Waals surface area contributed by atoms with Crippen LogP contribution >= 0.6 is 12.4 Å². The first kappa shape index (κ1) is 12.7. The molecule has 0 radical (unpaired) electrons. The van der Waals surface area contributed by atoms with Crippen molar-refractivity contribution in [2.45, 2.75) is 18.9 Å². The maximum Gasteiger partial charge on any atom is 0.323 e. The molecule has 0 amide bonds. The van der Waals surface area contributed by atoms with Gasteiger partial charge in [-0.25, -0.2) is 0 Å². The van der Waals surface area contributed by atoms with Gasteiger partial charge in [-0.1, -0.05) is 0 Å². The smallest absolute Gasteiger partial charge is 0.323 e. The normalized spacial score (nSPS) is 20.8. The van der Waals surface area contributed by atoms with E-state index in [0.29, 0.717) is 13.2 Å². The van der Waals surface area contributed by atoms with E-state index in [4.69, 9.17) is 9.47 Å². The molecule has 1 atom stereocenters.